The van der Waals surface area contributed by atoms with Gasteiger partial charge in [-0.15, -0.1) is 0 Å². The molecule has 1 heterocycles. The highest BCUT2D eigenvalue weighted by atomic mass is 35.5. The molecule has 5 nitrogen and oxygen atoms in total. The molecule has 1 aliphatic heterocycles. The number of hydrogen-bond donors (Lipinski definition) is 1. The summed E-state index contributed by atoms with van der Waals surface area (Å²) in [5.41, 5.74) is 0.476. The molecular weight excluding hydrogens is 335 g/mol. The second-order valence-electron chi connectivity index (χ2n) is 5.59. The lowest BCUT2D eigenvalue weighted by molar-refractivity contribution is 0.206. The molecule has 8 heteroatoms. The third-order valence-electron chi connectivity index (χ3n) is 3.44. The summed E-state index contributed by atoms with van der Waals surface area (Å²) in [6, 6.07) is 4.36. The maximum absolute atomic E-state index is 12.2. The van der Waals surface area contributed by atoms with Crippen LogP contribution in [0.15, 0.2) is 18.2 Å². The highest BCUT2D eigenvalue weighted by Gasteiger charge is 2.41. The molecule has 0 radical (unpaired) electrons. The van der Waals surface area contributed by atoms with Gasteiger partial charge in [0, 0.05) is 28.8 Å². The van der Waals surface area contributed by atoms with Crippen molar-refractivity contribution in [2.45, 2.75) is 18.6 Å². The van der Waals surface area contributed by atoms with E-state index >= 15 is 0 Å². The molecule has 1 saturated heterocycles. The summed E-state index contributed by atoms with van der Waals surface area (Å²) in [5.74, 6) is -0.0380. The van der Waals surface area contributed by atoms with E-state index in [9.17, 15) is 13.2 Å². The number of halogens is 2. The van der Waals surface area contributed by atoms with E-state index in [0.717, 1.165) is 0 Å². The maximum atomic E-state index is 12.2. The van der Waals surface area contributed by atoms with Gasteiger partial charge in [0.1, 0.15) is 0 Å². The maximum Gasteiger partial charge on any atom is 0.321 e. The van der Waals surface area contributed by atoms with Gasteiger partial charge in [0.2, 0.25) is 0 Å². The number of nitrogens with zero attached hydrogens (tertiary/aromatic N) is 1. The minimum Gasteiger partial charge on any atom is -0.322 e. The third kappa shape index (κ3) is 3.62. The number of anilines is 1. The first kappa shape index (κ1) is 16.4. The van der Waals surface area contributed by atoms with Crippen LogP contribution in [0, 0.1) is 0 Å². The highest BCUT2D eigenvalue weighted by molar-refractivity contribution is 7.92. The Balaban J connectivity index is 2.11. The Bertz CT molecular complexity index is 654. The number of sulfone groups is 1. The second-order valence-corrected chi connectivity index (χ2v) is 9.20. The van der Waals surface area contributed by atoms with Gasteiger partial charge in [-0.2, -0.15) is 0 Å². The zero-order chi connectivity index (χ0) is 15.8. The van der Waals surface area contributed by atoms with E-state index in [2.05, 4.69) is 5.32 Å². The van der Waals surface area contributed by atoms with Crippen molar-refractivity contribution in [3.05, 3.63) is 28.2 Å². The third-order valence-corrected chi connectivity index (χ3v) is 6.41. The molecule has 0 saturated carbocycles. The summed E-state index contributed by atoms with van der Waals surface area (Å²) in [7, 11) is -3.18. The Hall–Kier alpha value is -0.980. The summed E-state index contributed by atoms with van der Waals surface area (Å²) in [6.07, 6.45) is 0. The Morgan fingerprint density at radius 2 is 1.81 bits per heavy atom. The summed E-state index contributed by atoms with van der Waals surface area (Å²) in [4.78, 5) is 13.7. The van der Waals surface area contributed by atoms with Gasteiger partial charge in [-0.05, 0) is 32.0 Å². The molecule has 0 unspecified atom stereocenters. The van der Waals surface area contributed by atoms with Gasteiger partial charge < -0.3 is 10.2 Å². The molecule has 1 aromatic rings. The van der Waals surface area contributed by atoms with Crippen LogP contribution in [0.1, 0.15) is 13.8 Å². The predicted molar refractivity (Wildman–Crippen MR) is 84.9 cm³/mol. The molecule has 0 aliphatic carbocycles. The smallest absolute Gasteiger partial charge is 0.321 e. The molecule has 21 heavy (non-hydrogen) atoms. The Kier molecular flexibility index (Phi) is 4.42. The fourth-order valence-corrected chi connectivity index (χ4v) is 4.04. The normalized spacial score (nSPS) is 20.1. The van der Waals surface area contributed by atoms with Crippen LogP contribution in [0.3, 0.4) is 0 Å². The minimum absolute atomic E-state index is 0.0380. The lowest BCUT2D eigenvalue weighted by atomic mass is 10.2. The zero-order valence-corrected chi connectivity index (χ0v) is 14.0. The van der Waals surface area contributed by atoms with Crippen molar-refractivity contribution in [2.75, 3.05) is 24.2 Å². The van der Waals surface area contributed by atoms with E-state index in [1.807, 2.05) is 0 Å². The Labute approximate surface area is 134 Å². The first-order valence-corrected chi connectivity index (χ1v) is 8.76. The molecule has 0 bridgehead atoms. The van der Waals surface area contributed by atoms with Gasteiger partial charge in [0.05, 0.1) is 10.5 Å². The topological polar surface area (TPSA) is 66.5 Å². The van der Waals surface area contributed by atoms with Gasteiger partial charge in [-0.3, -0.25) is 0 Å². The quantitative estimate of drug-likeness (QED) is 0.846. The first-order valence-electron chi connectivity index (χ1n) is 6.35. The molecule has 0 atom stereocenters. The number of carbonyl (C=O) groups excluding carboxylic acids is 1. The monoisotopic (exact) mass is 350 g/mol. The van der Waals surface area contributed by atoms with E-state index in [-0.39, 0.29) is 24.9 Å². The van der Waals surface area contributed by atoms with E-state index < -0.39 is 14.6 Å². The average molecular weight is 351 g/mol. The summed E-state index contributed by atoms with van der Waals surface area (Å²) < 4.78 is 22.9. The van der Waals surface area contributed by atoms with Gasteiger partial charge in [-0.1, -0.05) is 23.2 Å². The van der Waals surface area contributed by atoms with Crippen molar-refractivity contribution in [3.63, 3.8) is 0 Å². The number of benzene rings is 1. The molecule has 0 spiro atoms. The van der Waals surface area contributed by atoms with Crippen LogP contribution >= 0.6 is 23.2 Å². The standard InChI is InChI=1S/C13H16Cl2N2O3S/c1-13(2)8-17(3-4-21(13,19)20)12(18)16-11-6-9(14)5-10(15)7-11/h5-7H,3-4,8H2,1-2H3,(H,16,18). The van der Waals surface area contributed by atoms with Crippen LogP contribution in [0.4, 0.5) is 10.5 Å². The van der Waals surface area contributed by atoms with Gasteiger partial charge in [0.25, 0.3) is 0 Å². The number of urea groups is 1. The minimum atomic E-state index is -3.18. The lowest BCUT2D eigenvalue weighted by Crippen LogP contribution is -2.55. The number of amides is 2. The number of nitrogens with one attached hydrogen (secondary N) is 1. The van der Waals surface area contributed by atoms with Crippen LogP contribution in [-0.2, 0) is 9.84 Å². The largest absolute Gasteiger partial charge is 0.322 e. The van der Waals surface area contributed by atoms with Crippen molar-refractivity contribution < 1.29 is 13.2 Å². The van der Waals surface area contributed by atoms with Crippen LogP contribution in [0.5, 0.6) is 0 Å². The van der Waals surface area contributed by atoms with Crippen molar-refractivity contribution in [2.24, 2.45) is 0 Å². The number of rotatable bonds is 1. The van der Waals surface area contributed by atoms with Crippen molar-refractivity contribution >= 4 is 44.8 Å². The lowest BCUT2D eigenvalue weighted by Gasteiger charge is -2.37. The fourth-order valence-electron chi connectivity index (χ4n) is 2.15. The Morgan fingerprint density at radius 1 is 1.24 bits per heavy atom. The van der Waals surface area contributed by atoms with Crippen molar-refractivity contribution in [1.29, 1.82) is 0 Å². The van der Waals surface area contributed by atoms with E-state index in [1.165, 1.54) is 4.90 Å². The van der Waals surface area contributed by atoms with Crippen LogP contribution in [-0.4, -0.2) is 42.9 Å². The van der Waals surface area contributed by atoms with Crippen LogP contribution in [0.2, 0.25) is 10.0 Å². The van der Waals surface area contributed by atoms with Gasteiger partial charge in [0.15, 0.2) is 9.84 Å². The predicted octanol–water partition coefficient (Wildman–Crippen LogP) is 3.03. The Morgan fingerprint density at radius 3 is 2.33 bits per heavy atom. The van der Waals surface area contributed by atoms with Crippen LogP contribution < -0.4 is 5.32 Å². The molecule has 0 aromatic heterocycles. The van der Waals surface area contributed by atoms with E-state index in [1.54, 1.807) is 32.0 Å². The molecule has 2 rings (SSSR count). The first-order chi connectivity index (χ1) is 9.60. The fraction of sp³-hybridized carbons (Fsp3) is 0.462. The molecule has 1 aromatic carbocycles. The number of hydrogen-bond acceptors (Lipinski definition) is 3. The zero-order valence-electron chi connectivity index (χ0n) is 11.7. The average Bonchev–Trinajstić information content (AvgIpc) is 2.31. The SMILES string of the molecule is CC1(C)CN(C(=O)Nc2cc(Cl)cc(Cl)c2)CCS1(=O)=O. The summed E-state index contributed by atoms with van der Waals surface area (Å²) in [5, 5.41) is 3.51. The molecule has 1 aliphatic rings. The summed E-state index contributed by atoms with van der Waals surface area (Å²) in [6.45, 7) is 3.57. The van der Waals surface area contributed by atoms with E-state index in [0.29, 0.717) is 15.7 Å². The number of carbonyl (C=O) groups is 1. The second kappa shape index (κ2) is 5.66. The summed E-state index contributed by atoms with van der Waals surface area (Å²) >= 11 is 11.7. The molecular formula is C13H16Cl2N2O3S. The molecule has 1 N–H and O–H groups in total. The van der Waals surface area contributed by atoms with Crippen molar-refractivity contribution in [1.82, 2.24) is 4.90 Å². The van der Waals surface area contributed by atoms with Crippen molar-refractivity contribution in [3.8, 4) is 0 Å². The molecule has 2 amide bonds. The van der Waals surface area contributed by atoms with Crippen LogP contribution in [0.25, 0.3) is 0 Å². The van der Waals surface area contributed by atoms with E-state index in [4.69, 9.17) is 23.2 Å². The molecule has 116 valence electrons. The highest BCUT2D eigenvalue weighted by Crippen LogP contribution is 2.26. The van der Waals surface area contributed by atoms with Gasteiger partial charge >= 0.3 is 6.03 Å². The molecule has 1 fully saturated rings. The van der Waals surface area contributed by atoms with Gasteiger partial charge in [-0.25, -0.2) is 13.2 Å².